The van der Waals surface area contributed by atoms with Crippen LogP contribution in [-0.4, -0.2) is 19.1 Å². The van der Waals surface area contributed by atoms with Crippen molar-refractivity contribution in [3.8, 4) is 6.07 Å². The van der Waals surface area contributed by atoms with E-state index < -0.39 is 12.0 Å². The number of carbonyl (C=O) groups is 1. The summed E-state index contributed by atoms with van der Waals surface area (Å²) in [6.07, 6.45) is 0.652. The first-order valence-electron chi connectivity index (χ1n) is 2.92. The number of ether oxygens (including phenoxy) is 1. The van der Waals surface area contributed by atoms with E-state index in [-0.39, 0.29) is 6.42 Å². The molecule has 4 heteroatoms. The van der Waals surface area contributed by atoms with Crippen LogP contribution < -0.4 is 5.73 Å². The number of carbonyl (C=O) groups excluding carboxylic acids is 1. The van der Waals surface area contributed by atoms with E-state index in [0.29, 0.717) is 6.42 Å². The number of nitriles is 1. The summed E-state index contributed by atoms with van der Waals surface area (Å²) < 4.78 is 4.34. The Labute approximate surface area is 59.6 Å². The van der Waals surface area contributed by atoms with Crippen LogP contribution in [0, 0.1) is 11.3 Å². The summed E-state index contributed by atoms with van der Waals surface area (Å²) in [7, 11) is 1.27. The fourth-order valence-electron chi connectivity index (χ4n) is 0.489. The molecule has 56 valence electrons. The van der Waals surface area contributed by atoms with Crippen LogP contribution in [0.2, 0.25) is 0 Å². The summed E-state index contributed by atoms with van der Waals surface area (Å²) in [5.74, 6) is -0.463. The number of nitrogens with two attached hydrogens (primary N) is 1. The van der Waals surface area contributed by atoms with Crippen LogP contribution in [0.3, 0.4) is 0 Å². The quantitative estimate of drug-likeness (QED) is 0.553. The highest BCUT2D eigenvalue weighted by molar-refractivity contribution is 5.75. The predicted octanol–water partition coefficient (Wildman–Crippen LogP) is -0.210. The van der Waals surface area contributed by atoms with E-state index in [4.69, 9.17) is 11.0 Å². The monoisotopic (exact) mass is 142 g/mol. The summed E-state index contributed by atoms with van der Waals surface area (Å²) in [6, 6.07) is 1.24. The molecule has 0 rings (SSSR count). The number of rotatable bonds is 3. The van der Waals surface area contributed by atoms with Crippen molar-refractivity contribution in [1.82, 2.24) is 0 Å². The second kappa shape index (κ2) is 4.77. The molecule has 0 radical (unpaired) electrons. The third-order valence-corrected chi connectivity index (χ3v) is 1.07. The number of hydrogen-bond acceptors (Lipinski definition) is 4. The van der Waals surface area contributed by atoms with Gasteiger partial charge in [-0.15, -0.1) is 0 Å². The molecule has 0 fully saturated rings. The maximum Gasteiger partial charge on any atom is 0.322 e. The van der Waals surface area contributed by atoms with Crippen molar-refractivity contribution in [1.29, 1.82) is 5.26 Å². The molecule has 0 saturated carbocycles. The van der Waals surface area contributed by atoms with Gasteiger partial charge in [-0.05, 0) is 6.42 Å². The summed E-state index contributed by atoms with van der Waals surface area (Å²) >= 11 is 0. The highest BCUT2D eigenvalue weighted by Crippen LogP contribution is 1.94. The maximum atomic E-state index is 10.6. The van der Waals surface area contributed by atoms with Gasteiger partial charge in [0.1, 0.15) is 6.04 Å². The van der Waals surface area contributed by atoms with Crippen LogP contribution in [-0.2, 0) is 9.53 Å². The van der Waals surface area contributed by atoms with E-state index in [1.165, 1.54) is 7.11 Å². The lowest BCUT2D eigenvalue weighted by molar-refractivity contribution is -0.142. The molecule has 0 amide bonds. The van der Waals surface area contributed by atoms with E-state index in [2.05, 4.69) is 4.74 Å². The molecule has 10 heavy (non-hydrogen) atoms. The van der Waals surface area contributed by atoms with E-state index in [0.717, 1.165) is 0 Å². The molecular formula is C6H10N2O2. The van der Waals surface area contributed by atoms with Gasteiger partial charge in [-0.3, -0.25) is 4.79 Å². The predicted molar refractivity (Wildman–Crippen MR) is 34.8 cm³/mol. The van der Waals surface area contributed by atoms with Crippen molar-refractivity contribution in [2.75, 3.05) is 7.11 Å². The molecule has 2 N–H and O–H groups in total. The standard InChI is InChI=1S/C6H10N2O2/c1-10-6(9)5(8)3-2-4-7/h5H,2-3,8H2,1H3. The fraction of sp³-hybridized carbons (Fsp3) is 0.667. The number of methoxy groups -OCH3 is 1. The van der Waals surface area contributed by atoms with Crippen molar-refractivity contribution in [2.24, 2.45) is 5.73 Å². The molecule has 0 spiro atoms. The van der Waals surface area contributed by atoms with Gasteiger partial charge in [0, 0.05) is 6.42 Å². The minimum absolute atomic E-state index is 0.288. The normalized spacial score (nSPS) is 11.7. The molecule has 0 bridgehead atoms. The zero-order valence-electron chi connectivity index (χ0n) is 5.83. The third-order valence-electron chi connectivity index (χ3n) is 1.07. The third kappa shape index (κ3) is 3.05. The van der Waals surface area contributed by atoms with Gasteiger partial charge in [-0.2, -0.15) is 5.26 Å². The van der Waals surface area contributed by atoms with Crippen molar-refractivity contribution < 1.29 is 9.53 Å². The lowest BCUT2D eigenvalue weighted by Gasteiger charge is -2.04. The van der Waals surface area contributed by atoms with Crippen LogP contribution in [0.5, 0.6) is 0 Å². The Morgan fingerprint density at radius 1 is 1.90 bits per heavy atom. The van der Waals surface area contributed by atoms with E-state index >= 15 is 0 Å². The first kappa shape index (κ1) is 8.92. The Bertz CT molecular complexity index is 150. The first-order chi connectivity index (χ1) is 4.72. The molecule has 0 aliphatic heterocycles. The smallest absolute Gasteiger partial charge is 0.322 e. The maximum absolute atomic E-state index is 10.6. The van der Waals surface area contributed by atoms with Gasteiger partial charge >= 0.3 is 5.97 Å². The zero-order chi connectivity index (χ0) is 7.98. The van der Waals surface area contributed by atoms with Crippen LogP contribution >= 0.6 is 0 Å². The molecule has 0 aromatic carbocycles. The SMILES string of the molecule is COC(=O)C(N)CCC#N. The fourth-order valence-corrected chi connectivity index (χ4v) is 0.489. The molecule has 0 aromatic rings. The molecule has 0 heterocycles. The topological polar surface area (TPSA) is 76.1 Å². The number of nitrogens with zero attached hydrogens (tertiary/aromatic N) is 1. The van der Waals surface area contributed by atoms with Gasteiger partial charge in [-0.1, -0.05) is 0 Å². The Morgan fingerprint density at radius 3 is 2.90 bits per heavy atom. The zero-order valence-corrected chi connectivity index (χ0v) is 5.83. The number of esters is 1. The summed E-state index contributed by atoms with van der Waals surface area (Å²) in [4.78, 5) is 10.6. The summed E-state index contributed by atoms with van der Waals surface area (Å²) in [5, 5.41) is 8.11. The molecule has 0 aliphatic rings. The molecule has 0 aliphatic carbocycles. The van der Waals surface area contributed by atoms with E-state index in [9.17, 15) is 4.79 Å². The molecular weight excluding hydrogens is 132 g/mol. The van der Waals surface area contributed by atoms with Gasteiger partial charge in [0.05, 0.1) is 13.2 Å². The Hall–Kier alpha value is -1.08. The van der Waals surface area contributed by atoms with Crippen molar-refractivity contribution in [2.45, 2.75) is 18.9 Å². The second-order valence-electron chi connectivity index (χ2n) is 1.83. The lowest BCUT2D eigenvalue weighted by atomic mass is 10.2. The number of hydrogen-bond donors (Lipinski definition) is 1. The van der Waals surface area contributed by atoms with Crippen molar-refractivity contribution in [3.05, 3.63) is 0 Å². The Kier molecular flexibility index (Phi) is 4.25. The van der Waals surface area contributed by atoms with Crippen LogP contribution in [0.1, 0.15) is 12.8 Å². The molecule has 1 unspecified atom stereocenters. The molecule has 1 atom stereocenters. The largest absolute Gasteiger partial charge is 0.468 e. The lowest BCUT2D eigenvalue weighted by Crippen LogP contribution is -2.31. The van der Waals surface area contributed by atoms with Crippen LogP contribution in [0.15, 0.2) is 0 Å². The highest BCUT2D eigenvalue weighted by Gasteiger charge is 2.11. The summed E-state index contributed by atoms with van der Waals surface area (Å²) in [5.41, 5.74) is 5.29. The van der Waals surface area contributed by atoms with Crippen LogP contribution in [0.25, 0.3) is 0 Å². The van der Waals surface area contributed by atoms with Gasteiger partial charge < -0.3 is 10.5 Å². The summed E-state index contributed by atoms with van der Waals surface area (Å²) in [6.45, 7) is 0. The first-order valence-corrected chi connectivity index (χ1v) is 2.92. The van der Waals surface area contributed by atoms with Crippen molar-refractivity contribution >= 4 is 5.97 Å². The van der Waals surface area contributed by atoms with E-state index in [1.54, 1.807) is 0 Å². The Morgan fingerprint density at radius 2 is 2.50 bits per heavy atom. The molecule has 0 aromatic heterocycles. The average Bonchev–Trinajstić information content (AvgIpc) is 1.98. The van der Waals surface area contributed by atoms with Gasteiger partial charge in [0.25, 0.3) is 0 Å². The van der Waals surface area contributed by atoms with E-state index in [1.807, 2.05) is 6.07 Å². The van der Waals surface area contributed by atoms with Gasteiger partial charge in [-0.25, -0.2) is 0 Å². The minimum Gasteiger partial charge on any atom is -0.468 e. The Balaban J connectivity index is 3.53. The van der Waals surface area contributed by atoms with Gasteiger partial charge in [0.15, 0.2) is 0 Å². The average molecular weight is 142 g/mol. The molecule has 4 nitrogen and oxygen atoms in total. The minimum atomic E-state index is -0.648. The highest BCUT2D eigenvalue weighted by atomic mass is 16.5. The van der Waals surface area contributed by atoms with Crippen molar-refractivity contribution in [3.63, 3.8) is 0 Å². The van der Waals surface area contributed by atoms with Crippen LogP contribution in [0.4, 0.5) is 0 Å². The molecule has 0 saturated heterocycles. The van der Waals surface area contributed by atoms with Gasteiger partial charge in [0.2, 0.25) is 0 Å². The second-order valence-corrected chi connectivity index (χ2v) is 1.83.